The molecule has 0 bridgehead atoms. The molecule has 0 saturated carbocycles. The Morgan fingerprint density at radius 3 is 1.68 bits per heavy atom. The van der Waals surface area contributed by atoms with E-state index in [1.54, 1.807) is 24.3 Å². The second-order valence-corrected chi connectivity index (χ2v) is 6.57. The van der Waals surface area contributed by atoms with Crippen molar-refractivity contribution in [1.29, 1.82) is 0 Å². The van der Waals surface area contributed by atoms with Gasteiger partial charge in [0.2, 0.25) is 0 Å². The third kappa shape index (κ3) is 12.7. The zero-order valence-corrected chi connectivity index (χ0v) is 16.5. The van der Waals surface area contributed by atoms with E-state index in [0.29, 0.717) is 12.2 Å². The van der Waals surface area contributed by atoms with Crippen LogP contribution in [0, 0.1) is 0 Å². The van der Waals surface area contributed by atoms with Crippen LogP contribution in [0.15, 0.2) is 24.3 Å². The van der Waals surface area contributed by atoms with E-state index in [-0.39, 0.29) is 12.4 Å². The first-order valence-corrected chi connectivity index (χ1v) is 9.70. The van der Waals surface area contributed by atoms with Crippen molar-refractivity contribution in [3.05, 3.63) is 29.8 Å². The lowest BCUT2D eigenvalue weighted by molar-refractivity contribution is 0.0697. The van der Waals surface area contributed by atoms with Crippen molar-refractivity contribution in [2.45, 2.75) is 84.0 Å². The molecule has 0 aliphatic carbocycles. The molecule has 0 aliphatic heterocycles. The van der Waals surface area contributed by atoms with Crippen LogP contribution in [0.25, 0.3) is 0 Å². The van der Waals surface area contributed by atoms with Gasteiger partial charge in [-0.3, -0.25) is 0 Å². The van der Waals surface area contributed by atoms with Crippen molar-refractivity contribution in [1.82, 2.24) is 0 Å². The number of carbonyl (C=O) groups is 1. The molecular weight excluding hydrogens is 336 g/mol. The van der Waals surface area contributed by atoms with Crippen molar-refractivity contribution in [3.63, 3.8) is 0 Å². The van der Waals surface area contributed by atoms with Crippen molar-refractivity contribution in [2.75, 3.05) is 6.61 Å². The molecule has 1 aromatic rings. The van der Waals surface area contributed by atoms with Crippen LogP contribution in [-0.2, 0) is 0 Å². The van der Waals surface area contributed by atoms with Gasteiger partial charge in [0.05, 0.1) is 12.2 Å². The van der Waals surface area contributed by atoms with Crippen LogP contribution >= 0.6 is 12.4 Å². The van der Waals surface area contributed by atoms with Crippen molar-refractivity contribution < 1.29 is 14.6 Å². The molecule has 0 fully saturated rings. The molecule has 0 amide bonds. The molecule has 0 saturated heterocycles. The minimum absolute atomic E-state index is 0. The van der Waals surface area contributed by atoms with Gasteiger partial charge >= 0.3 is 5.97 Å². The standard InChI is InChI=1S/C21H34O3.ClH/c1-2-3-4-5-6-7-8-9-10-11-12-13-18-24-20-16-14-19(15-17-20)21(22)23;/h14-17H,2-13,18H2,1H3,(H,22,23);1H. The average Bonchev–Trinajstić information content (AvgIpc) is 2.59. The fourth-order valence-electron chi connectivity index (χ4n) is 2.83. The summed E-state index contributed by atoms with van der Waals surface area (Å²) in [7, 11) is 0. The normalized spacial score (nSPS) is 10.3. The van der Waals surface area contributed by atoms with Crippen LogP contribution in [-0.4, -0.2) is 17.7 Å². The van der Waals surface area contributed by atoms with Crippen LogP contribution < -0.4 is 4.74 Å². The number of unbranched alkanes of at least 4 members (excludes halogenated alkanes) is 11. The fourth-order valence-corrected chi connectivity index (χ4v) is 2.83. The van der Waals surface area contributed by atoms with E-state index in [1.807, 2.05) is 0 Å². The quantitative estimate of drug-likeness (QED) is 0.342. The highest BCUT2D eigenvalue weighted by molar-refractivity contribution is 5.87. The maximum Gasteiger partial charge on any atom is 0.335 e. The molecular formula is C21H35ClO3. The predicted octanol–water partition coefficient (Wildman–Crippen LogP) is 6.89. The van der Waals surface area contributed by atoms with E-state index >= 15 is 0 Å². The maximum absolute atomic E-state index is 10.8. The average molecular weight is 371 g/mol. The maximum atomic E-state index is 10.8. The summed E-state index contributed by atoms with van der Waals surface area (Å²) in [6, 6.07) is 6.62. The van der Waals surface area contributed by atoms with E-state index in [9.17, 15) is 4.79 Å². The second kappa shape index (κ2) is 16.3. The highest BCUT2D eigenvalue weighted by Gasteiger charge is 2.01. The largest absolute Gasteiger partial charge is 0.494 e. The second-order valence-electron chi connectivity index (χ2n) is 6.57. The molecule has 0 atom stereocenters. The van der Waals surface area contributed by atoms with Gasteiger partial charge in [-0.05, 0) is 30.7 Å². The molecule has 3 nitrogen and oxygen atoms in total. The smallest absolute Gasteiger partial charge is 0.335 e. The van der Waals surface area contributed by atoms with Crippen LogP contribution in [0.3, 0.4) is 0 Å². The molecule has 1 aromatic carbocycles. The topological polar surface area (TPSA) is 46.5 Å². The zero-order valence-electron chi connectivity index (χ0n) is 15.7. The van der Waals surface area contributed by atoms with E-state index in [0.717, 1.165) is 12.2 Å². The Labute approximate surface area is 159 Å². The van der Waals surface area contributed by atoms with Gasteiger partial charge < -0.3 is 9.84 Å². The van der Waals surface area contributed by atoms with Gasteiger partial charge in [-0.25, -0.2) is 4.79 Å². The summed E-state index contributed by atoms with van der Waals surface area (Å²) in [5.41, 5.74) is 0.299. The van der Waals surface area contributed by atoms with Gasteiger partial charge in [0.15, 0.2) is 0 Å². The highest BCUT2D eigenvalue weighted by atomic mass is 35.5. The molecule has 25 heavy (non-hydrogen) atoms. The minimum atomic E-state index is -0.900. The SMILES string of the molecule is CCCCCCCCCCCCCCOc1ccc(C(=O)O)cc1.Cl. The van der Waals surface area contributed by atoms with Crippen LogP contribution in [0.5, 0.6) is 5.75 Å². The first-order valence-electron chi connectivity index (χ1n) is 9.70. The van der Waals surface area contributed by atoms with Gasteiger partial charge in [0.25, 0.3) is 0 Å². The highest BCUT2D eigenvalue weighted by Crippen LogP contribution is 2.14. The number of ether oxygens (including phenoxy) is 1. The lowest BCUT2D eigenvalue weighted by Gasteiger charge is -2.06. The van der Waals surface area contributed by atoms with Crippen LogP contribution in [0.2, 0.25) is 0 Å². The number of hydrogen-bond acceptors (Lipinski definition) is 2. The summed E-state index contributed by atoms with van der Waals surface area (Å²) in [5.74, 6) is -0.148. The monoisotopic (exact) mass is 370 g/mol. The number of halogens is 1. The lowest BCUT2D eigenvalue weighted by atomic mass is 10.1. The van der Waals surface area contributed by atoms with E-state index < -0.39 is 5.97 Å². The number of hydrogen-bond donors (Lipinski definition) is 1. The lowest BCUT2D eigenvalue weighted by Crippen LogP contribution is -1.99. The predicted molar refractivity (Wildman–Crippen MR) is 107 cm³/mol. The molecule has 0 spiro atoms. The zero-order chi connectivity index (χ0) is 17.5. The van der Waals surface area contributed by atoms with Gasteiger partial charge in [0.1, 0.15) is 5.75 Å². The summed E-state index contributed by atoms with van der Waals surface area (Å²) in [6.07, 6.45) is 16.0. The first-order chi connectivity index (χ1) is 11.7. The van der Waals surface area contributed by atoms with Gasteiger partial charge in [0, 0.05) is 0 Å². The Morgan fingerprint density at radius 2 is 1.24 bits per heavy atom. The fraction of sp³-hybridized carbons (Fsp3) is 0.667. The number of carboxylic acid groups (broad SMARTS) is 1. The Hall–Kier alpha value is -1.22. The Balaban J connectivity index is 0.00000576. The molecule has 144 valence electrons. The summed E-state index contributed by atoms with van der Waals surface area (Å²) in [5, 5.41) is 8.83. The van der Waals surface area contributed by atoms with Gasteiger partial charge in [-0.1, -0.05) is 77.6 Å². The van der Waals surface area contributed by atoms with Crippen molar-refractivity contribution >= 4 is 18.4 Å². The molecule has 1 N–H and O–H groups in total. The first kappa shape index (κ1) is 23.8. The van der Waals surface area contributed by atoms with E-state index in [4.69, 9.17) is 9.84 Å². The summed E-state index contributed by atoms with van der Waals surface area (Å²) in [4.78, 5) is 10.8. The molecule has 0 aliphatic rings. The summed E-state index contributed by atoms with van der Waals surface area (Å²) in [6.45, 7) is 2.98. The summed E-state index contributed by atoms with van der Waals surface area (Å²) >= 11 is 0. The number of aromatic carboxylic acids is 1. The number of benzene rings is 1. The molecule has 0 radical (unpaired) electrons. The van der Waals surface area contributed by atoms with Crippen molar-refractivity contribution in [3.8, 4) is 5.75 Å². The van der Waals surface area contributed by atoms with Gasteiger partial charge in [-0.2, -0.15) is 0 Å². The number of carboxylic acids is 1. The van der Waals surface area contributed by atoms with Gasteiger partial charge in [-0.15, -0.1) is 12.4 Å². The summed E-state index contributed by atoms with van der Waals surface area (Å²) < 4.78 is 5.64. The molecule has 0 heterocycles. The molecule has 1 rings (SSSR count). The number of rotatable bonds is 15. The molecule has 4 heteroatoms. The minimum Gasteiger partial charge on any atom is -0.494 e. The van der Waals surface area contributed by atoms with Crippen molar-refractivity contribution in [2.24, 2.45) is 0 Å². The third-order valence-electron chi connectivity index (χ3n) is 4.37. The molecule has 0 aromatic heterocycles. The van der Waals surface area contributed by atoms with Crippen LogP contribution in [0.4, 0.5) is 0 Å². The van der Waals surface area contributed by atoms with E-state index in [1.165, 1.54) is 70.6 Å². The van der Waals surface area contributed by atoms with Crippen LogP contribution in [0.1, 0.15) is 94.3 Å². The Bertz CT molecular complexity index is 431. The molecule has 0 unspecified atom stereocenters. The van der Waals surface area contributed by atoms with E-state index in [2.05, 4.69) is 6.92 Å². The Morgan fingerprint density at radius 1 is 0.800 bits per heavy atom. The third-order valence-corrected chi connectivity index (χ3v) is 4.37. The Kier molecular flexibility index (Phi) is 15.5.